The van der Waals surface area contributed by atoms with E-state index in [1.54, 1.807) is 0 Å². The zero-order chi connectivity index (χ0) is 16.7. The molecule has 1 rings (SSSR count). The van der Waals surface area contributed by atoms with E-state index in [-0.39, 0.29) is 17.1 Å². The van der Waals surface area contributed by atoms with Crippen molar-refractivity contribution in [1.29, 1.82) is 0 Å². The van der Waals surface area contributed by atoms with Gasteiger partial charge in [-0.15, -0.1) is 0 Å². The summed E-state index contributed by atoms with van der Waals surface area (Å²) in [6.45, 7) is 0. The third-order valence-corrected chi connectivity index (χ3v) is 2.74. The normalized spacial score (nSPS) is 10.2. The number of methoxy groups -OCH3 is 4. The summed E-state index contributed by atoms with van der Waals surface area (Å²) in [6, 6.07) is 2.90. The fourth-order valence-electron chi connectivity index (χ4n) is 1.64. The van der Waals surface area contributed by atoms with Gasteiger partial charge in [0.15, 0.2) is 0 Å². The Bertz CT molecular complexity index is 591. The molecule has 22 heavy (non-hydrogen) atoms. The number of allylic oxidation sites excluding steroid dienone is 1. The number of benzene rings is 1. The van der Waals surface area contributed by atoms with E-state index in [4.69, 9.17) is 14.2 Å². The lowest BCUT2D eigenvalue weighted by atomic mass is 10.0. The van der Waals surface area contributed by atoms with Crippen LogP contribution in [0.2, 0.25) is 0 Å². The molecule has 1 aromatic rings. The maximum atomic E-state index is 12.3. The molecule has 0 bridgehead atoms. The lowest BCUT2D eigenvalue weighted by Crippen LogP contribution is -2.15. The first-order valence-electron chi connectivity index (χ1n) is 6.13. The van der Waals surface area contributed by atoms with Gasteiger partial charge in [0.1, 0.15) is 22.8 Å². The van der Waals surface area contributed by atoms with Gasteiger partial charge < -0.3 is 18.9 Å². The number of carbonyl (C=O) groups is 3. The minimum Gasteiger partial charge on any atom is -0.496 e. The summed E-state index contributed by atoms with van der Waals surface area (Å²) >= 11 is 0. The summed E-state index contributed by atoms with van der Waals surface area (Å²) in [5.41, 5.74) is -0.0506. The zero-order valence-electron chi connectivity index (χ0n) is 12.7. The second-order valence-corrected chi connectivity index (χ2v) is 3.96. The van der Waals surface area contributed by atoms with Crippen LogP contribution < -0.4 is 14.2 Å². The van der Waals surface area contributed by atoms with Crippen molar-refractivity contribution in [2.45, 2.75) is 0 Å². The number of hydrogen-bond donors (Lipinski definition) is 0. The summed E-state index contributed by atoms with van der Waals surface area (Å²) in [5.74, 6) is -1.87. The van der Waals surface area contributed by atoms with E-state index in [1.165, 1.54) is 33.5 Å². The van der Waals surface area contributed by atoms with Gasteiger partial charge >= 0.3 is 5.97 Å². The van der Waals surface area contributed by atoms with Gasteiger partial charge in [-0.2, -0.15) is 0 Å². The Morgan fingerprint density at radius 3 is 1.82 bits per heavy atom. The molecule has 0 amide bonds. The quantitative estimate of drug-likeness (QED) is 0.323. The minimum absolute atomic E-state index is 0.0506. The van der Waals surface area contributed by atoms with Gasteiger partial charge in [0, 0.05) is 18.2 Å². The second kappa shape index (κ2) is 7.82. The van der Waals surface area contributed by atoms with Crippen molar-refractivity contribution in [3.8, 4) is 17.2 Å². The number of ether oxygens (including phenoxy) is 4. The molecule has 0 fully saturated rings. The first kappa shape index (κ1) is 17.2. The van der Waals surface area contributed by atoms with Crippen LogP contribution in [0.4, 0.5) is 0 Å². The molecule has 0 heterocycles. The Kier molecular flexibility index (Phi) is 6.12. The average molecular weight is 308 g/mol. The molecule has 0 aromatic heterocycles. The molecule has 0 aliphatic heterocycles. The van der Waals surface area contributed by atoms with Gasteiger partial charge in [0.05, 0.1) is 28.4 Å². The highest BCUT2D eigenvalue weighted by Gasteiger charge is 2.24. The molecule has 0 spiro atoms. The maximum absolute atomic E-state index is 12.3. The van der Waals surface area contributed by atoms with Crippen LogP contribution >= 0.6 is 0 Å². The number of carbonyl (C=O) groups excluding carboxylic acids is 3. The van der Waals surface area contributed by atoms with E-state index < -0.39 is 17.5 Å². The molecule has 1 aromatic carbocycles. The monoisotopic (exact) mass is 308 g/mol. The van der Waals surface area contributed by atoms with E-state index in [0.29, 0.717) is 5.75 Å². The molecule has 0 atom stereocenters. The summed E-state index contributed by atoms with van der Waals surface area (Å²) in [4.78, 5) is 35.1. The largest absolute Gasteiger partial charge is 0.496 e. The SMILES string of the molecule is COC(=O)/C=C/C(=O)C(=O)c1c(OC)cc(OC)cc1OC. The van der Waals surface area contributed by atoms with Gasteiger partial charge in [-0.1, -0.05) is 0 Å². The number of Topliss-reactive ketones (excluding diaryl/α,β-unsaturated/α-hetero) is 1. The highest BCUT2D eigenvalue weighted by atomic mass is 16.5. The first-order valence-corrected chi connectivity index (χ1v) is 6.13. The number of ketones is 2. The van der Waals surface area contributed by atoms with E-state index in [1.807, 2.05) is 0 Å². The van der Waals surface area contributed by atoms with Crippen LogP contribution in [0, 0.1) is 0 Å². The van der Waals surface area contributed by atoms with Crippen molar-refractivity contribution < 1.29 is 33.3 Å². The summed E-state index contributed by atoms with van der Waals surface area (Å²) in [7, 11) is 5.30. The average Bonchev–Trinajstić information content (AvgIpc) is 2.56. The lowest BCUT2D eigenvalue weighted by Gasteiger charge is -2.13. The zero-order valence-corrected chi connectivity index (χ0v) is 12.7. The van der Waals surface area contributed by atoms with Crippen molar-refractivity contribution in [3.05, 3.63) is 29.8 Å². The predicted molar refractivity (Wildman–Crippen MR) is 76.6 cm³/mol. The van der Waals surface area contributed by atoms with Crippen molar-refractivity contribution in [2.24, 2.45) is 0 Å². The Hall–Kier alpha value is -2.83. The molecule has 7 heteroatoms. The molecular weight excluding hydrogens is 292 g/mol. The van der Waals surface area contributed by atoms with Crippen LogP contribution in [-0.4, -0.2) is 46.0 Å². The van der Waals surface area contributed by atoms with Crippen LogP contribution in [0.5, 0.6) is 17.2 Å². The Morgan fingerprint density at radius 2 is 1.41 bits per heavy atom. The van der Waals surface area contributed by atoms with Crippen LogP contribution in [0.3, 0.4) is 0 Å². The maximum Gasteiger partial charge on any atom is 0.330 e. The smallest absolute Gasteiger partial charge is 0.330 e. The van der Waals surface area contributed by atoms with E-state index in [9.17, 15) is 14.4 Å². The first-order chi connectivity index (χ1) is 10.5. The number of esters is 1. The molecule has 0 unspecified atom stereocenters. The molecule has 118 valence electrons. The molecule has 7 nitrogen and oxygen atoms in total. The molecule has 0 saturated heterocycles. The molecule has 0 aliphatic rings. The fourth-order valence-corrected chi connectivity index (χ4v) is 1.64. The highest BCUT2D eigenvalue weighted by Crippen LogP contribution is 2.34. The minimum atomic E-state index is -0.910. The summed E-state index contributed by atoms with van der Waals surface area (Å²) in [5, 5.41) is 0. The molecule has 0 N–H and O–H groups in total. The van der Waals surface area contributed by atoms with Crippen LogP contribution in [0.25, 0.3) is 0 Å². The predicted octanol–water partition coefficient (Wildman–Crippen LogP) is 1.19. The highest BCUT2D eigenvalue weighted by molar-refractivity contribution is 6.48. The van der Waals surface area contributed by atoms with E-state index >= 15 is 0 Å². The number of rotatable bonds is 7. The van der Waals surface area contributed by atoms with Gasteiger partial charge in [0.2, 0.25) is 11.6 Å². The molecule has 0 saturated carbocycles. The van der Waals surface area contributed by atoms with Crippen molar-refractivity contribution in [1.82, 2.24) is 0 Å². The van der Waals surface area contributed by atoms with Crippen LogP contribution in [-0.2, 0) is 14.3 Å². The van der Waals surface area contributed by atoms with Gasteiger partial charge in [-0.25, -0.2) is 4.79 Å². The standard InChI is InChI=1S/C15H16O7/c1-19-9-7-11(20-2)14(12(8-9)21-3)15(18)10(16)5-6-13(17)22-4/h5-8H,1-4H3/b6-5+. The summed E-state index contributed by atoms with van der Waals surface area (Å²) < 4.78 is 19.6. The van der Waals surface area contributed by atoms with Crippen LogP contribution in [0.15, 0.2) is 24.3 Å². The van der Waals surface area contributed by atoms with Crippen molar-refractivity contribution >= 4 is 17.5 Å². The summed E-state index contributed by atoms with van der Waals surface area (Å²) in [6.07, 6.45) is 1.69. The van der Waals surface area contributed by atoms with Crippen molar-refractivity contribution in [3.63, 3.8) is 0 Å². The van der Waals surface area contributed by atoms with E-state index in [0.717, 1.165) is 19.3 Å². The van der Waals surface area contributed by atoms with Gasteiger partial charge in [0.25, 0.3) is 0 Å². The van der Waals surface area contributed by atoms with Gasteiger partial charge in [-0.05, 0) is 6.08 Å². The Morgan fingerprint density at radius 1 is 0.864 bits per heavy atom. The number of hydrogen-bond acceptors (Lipinski definition) is 7. The van der Waals surface area contributed by atoms with Gasteiger partial charge in [-0.3, -0.25) is 9.59 Å². The van der Waals surface area contributed by atoms with E-state index in [2.05, 4.69) is 4.74 Å². The fraction of sp³-hybridized carbons (Fsp3) is 0.267. The third-order valence-electron chi connectivity index (χ3n) is 2.74. The third kappa shape index (κ3) is 3.85. The molecule has 0 aliphatic carbocycles. The molecular formula is C15H16O7. The van der Waals surface area contributed by atoms with Crippen molar-refractivity contribution in [2.75, 3.05) is 28.4 Å². The molecule has 0 radical (unpaired) electrons. The topological polar surface area (TPSA) is 88.1 Å². The lowest BCUT2D eigenvalue weighted by molar-refractivity contribution is -0.135. The Balaban J connectivity index is 3.24. The second-order valence-electron chi connectivity index (χ2n) is 3.96. The van der Waals surface area contributed by atoms with Crippen LogP contribution in [0.1, 0.15) is 10.4 Å². The Labute approximate surface area is 127 Å².